The lowest BCUT2D eigenvalue weighted by molar-refractivity contribution is -0.384. The molecule has 2 N–H and O–H groups in total. The molecule has 0 radical (unpaired) electrons. The van der Waals surface area contributed by atoms with E-state index in [0.29, 0.717) is 16.7 Å². The van der Waals surface area contributed by atoms with Crippen molar-refractivity contribution in [2.75, 3.05) is 7.11 Å². The summed E-state index contributed by atoms with van der Waals surface area (Å²) in [5.74, 6) is -1.08. The molecule has 0 saturated carbocycles. The summed E-state index contributed by atoms with van der Waals surface area (Å²) in [6, 6.07) is 8.58. The lowest BCUT2D eigenvalue weighted by atomic mass is 9.97. The average molecular weight is 315 g/mol. The molecule has 0 aliphatic heterocycles. The van der Waals surface area contributed by atoms with Gasteiger partial charge in [-0.1, -0.05) is 6.07 Å². The number of hydrogen-bond acceptors (Lipinski definition) is 5. The summed E-state index contributed by atoms with van der Waals surface area (Å²) >= 11 is 0. The maximum absolute atomic E-state index is 10.7. The molecule has 0 saturated heterocycles. The average Bonchev–Trinajstić information content (AvgIpc) is 2.53. The molecule has 0 spiro atoms. The van der Waals surface area contributed by atoms with E-state index in [9.17, 15) is 20.0 Å². The second-order valence-corrected chi connectivity index (χ2v) is 4.56. The summed E-state index contributed by atoms with van der Waals surface area (Å²) in [5.41, 5.74) is 1.42. The van der Waals surface area contributed by atoms with Gasteiger partial charge in [-0.2, -0.15) is 0 Å². The lowest BCUT2D eigenvalue weighted by Crippen LogP contribution is -1.94. The zero-order valence-corrected chi connectivity index (χ0v) is 12.1. The van der Waals surface area contributed by atoms with Gasteiger partial charge in [0, 0.05) is 23.8 Å². The van der Waals surface area contributed by atoms with Gasteiger partial charge in [-0.05, 0) is 35.4 Å². The maximum Gasteiger partial charge on any atom is 0.328 e. The lowest BCUT2D eigenvalue weighted by Gasteiger charge is -2.13. The van der Waals surface area contributed by atoms with Gasteiger partial charge in [0.05, 0.1) is 12.0 Å². The number of nitrogens with zero attached hydrogens (tertiary/aromatic N) is 1. The zero-order chi connectivity index (χ0) is 17.0. The number of carboxylic acids is 1. The van der Waals surface area contributed by atoms with Crippen molar-refractivity contribution in [1.29, 1.82) is 0 Å². The Morgan fingerprint density at radius 2 is 1.87 bits per heavy atom. The quantitative estimate of drug-likeness (QED) is 0.498. The number of non-ortho nitro benzene ring substituents is 1. The minimum absolute atomic E-state index is 0.0736. The summed E-state index contributed by atoms with van der Waals surface area (Å²) in [6.45, 7) is 0. The highest BCUT2D eigenvalue weighted by Gasteiger charge is 2.16. The van der Waals surface area contributed by atoms with Gasteiger partial charge in [-0.3, -0.25) is 10.1 Å². The zero-order valence-electron chi connectivity index (χ0n) is 12.1. The smallest absolute Gasteiger partial charge is 0.328 e. The Bertz CT molecular complexity index is 780. The van der Waals surface area contributed by atoms with Crippen molar-refractivity contribution < 1.29 is 24.7 Å². The fraction of sp³-hybridized carbons (Fsp3) is 0.0625. The number of carbonyl (C=O) groups is 1. The van der Waals surface area contributed by atoms with Gasteiger partial charge in [0.25, 0.3) is 5.69 Å². The van der Waals surface area contributed by atoms with Crippen molar-refractivity contribution in [2.24, 2.45) is 0 Å². The van der Waals surface area contributed by atoms with E-state index in [0.717, 1.165) is 6.08 Å². The first-order chi connectivity index (χ1) is 10.9. The first-order valence-corrected chi connectivity index (χ1v) is 6.50. The van der Waals surface area contributed by atoms with Crippen molar-refractivity contribution in [3.63, 3.8) is 0 Å². The summed E-state index contributed by atoms with van der Waals surface area (Å²) in [4.78, 5) is 20.9. The van der Waals surface area contributed by atoms with Crippen molar-refractivity contribution in [3.8, 4) is 22.6 Å². The summed E-state index contributed by atoms with van der Waals surface area (Å²) in [5, 5.41) is 29.4. The fourth-order valence-corrected chi connectivity index (χ4v) is 2.14. The number of aliphatic carboxylic acids is 1. The summed E-state index contributed by atoms with van der Waals surface area (Å²) in [6.07, 6.45) is 2.32. The molecule has 0 unspecified atom stereocenters. The van der Waals surface area contributed by atoms with Gasteiger partial charge < -0.3 is 14.9 Å². The molecule has 23 heavy (non-hydrogen) atoms. The van der Waals surface area contributed by atoms with E-state index < -0.39 is 10.9 Å². The van der Waals surface area contributed by atoms with Crippen LogP contribution in [-0.4, -0.2) is 28.2 Å². The Morgan fingerprint density at radius 3 is 2.39 bits per heavy atom. The number of nitro benzene ring substituents is 1. The van der Waals surface area contributed by atoms with E-state index in [4.69, 9.17) is 9.84 Å². The molecular formula is C16H13NO6. The third-order valence-corrected chi connectivity index (χ3v) is 3.15. The van der Waals surface area contributed by atoms with Gasteiger partial charge >= 0.3 is 5.97 Å². The molecule has 7 heteroatoms. The van der Waals surface area contributed by atoms with Crippen molar-refractivity contribution >= 4 is 17.7 Å². The highest BCUT2D eigenvalue weighted by atomic mass is 16.6. The third kappa shape index (κ3) is 3.46. The van der Waals surface area contributed by atoms with Crippen LogP contribution in [0.25, 0.3) is 17.2 Å². The molecule has 7 nitrogen and oxygen atoms in total. The normalized spacial score (nSPS) is 10.7. The van der Waals surface area contributed by atoms with Gasteiger partial charge in [0.1, 0.15) is 0 Å². The number of nitro groups is 1. The predicted octanol–water partition coefficient (Wildman–Crippen LogP) is 3.07. The van der Waals surface area contributed by atoms with Crippen molar-refractivity contribution in [1.82, 2.24) is 0 Å². The topological polar surface area (TPSA) is 110 Å². The first kappa shape index (κ1) is 16.0. The number of rotatable bonds is 5. The molecule has 2 rings (SSSR count). The fourth-order valence-electron chi connectivity index (χ4n) is 2.14. The molecule has 0 bridgehead atoms. The van der Waals surface area contributed by atoms with E-state index in [1.165, 1.54) is 49.6 Å². The number of benzene rings is 2. The van der Waals surface area contributed by atoms with Gasteiger partial charge in [0.2, 0.25) is 0 Å². The Morgan fingerprint density at radius 1 is 1.22 bits per heavy atom. The second kappa shape index (κ2) is 6.61. The molecule has 0 aliphatic carbocycles. The Labute approximate surface area is 131 Å². The summed E-state index contributed by atoms with van der Waals surface area (Å²) in [7, 11) is 1.37. The van der Waals surface area contributed by atoms with E-state index in [1.54, 1.807) is 0 Å². The number of ether oxygens (including phenoxy) is 1. The SMILES string of the molecule is COc1c(O)ccc(C=CC(=O)O)c1-c1ccc([N+](=O)[O-])cc1. The molecule has 118 valence electrons. The number of phenols is 1. The van der Waals surface area contributed by atoms with Crippen LogP contribution >= 0.6 is 0 Å². The molecule has 0 aliphatic rings. The van der Waals surface area contributed by atoms with Crippen LogP contribution in [0.3, 0.4) is 0 Å². The predicted molar refractivity (Wildman–Crippen MR) is 83.4 cm³/mol. The van der Waals surface area contributed by atoms with Crippen LogP contribution in [0.1, 0.15) is 5.56 Å². The molecule has 2 aromatic rings. The number of aromatic hydroxyl groups is 1. The molecule has 0 heterocycles. The number of hydrogen-bond donors (Lipinski definition) is 2. The number of methoxy groups -OCH3 is 1. The molecular weight excluding hydrogens is 302 g/mol. The summed E-state index contributed by atoms with van der Waals surface area (Å²) < 4.78 is 5.19. The molecule has 0 amide bonds. The van der Waals surface area contributed by atoms with Crippen molar-refractivity contribution in [3.05, 3.63) is 58.2 Å². The number of carboxylic acid groups (broad SMARTS) is 1. The van der Waals surface area contributed by atoms with Crippen LogP contribution in [0.4, 0.5) is 5.69 Å². The maximum atomic E-state index is 10.7. The van der Waals surface area contributed by atoms with Crippen LogP contribution in [0.2, 0.25) is 0 Å². The second-order valence-electron chi connectivity index (χ2n) is 4.56. The Kier molecular flexibility index (Phi) is 4.61. The van der Waals surface area contributed by atoms with Gasteiger partial charge in [-0.25, -0.2) is 4.79 Å². The van der Waals surface area contributed by atoms with Gasteiger partial charge in [-0.15, -0.1) is 0 Å². The van der Waals surface area contributed by atoms with E-state index in [-0.39, 0.29) is 17.2 Å². The third-order valence-electron chi connectivity index (χ3n) is 3.15. The molecule has 0 atom stereocenters. The minimum atomic E-state index is -1.12. The number of phenolic OH excluding ortho intramolecular Hbond substituents is 1. The largest absolute Gasteiger partial charge is 0.504 e. The molecule has 0 fully saturated rings. The standard InChI is InChI=1S/C16H13NO6/c1-23-16-13(18)8-4-11(5-9-14(19)20)15(16)10-2-6-12(7-3-10)17(21)22/h2-9,18H,1H3,(H,19,20). The van der Waals surface area contributed by atoms with E-state index in [1.807, 2.05) is 0 Å². The van der Waals surface area contributed by atoms with Crippen LogP contribution in [0, 0.1) is 10.1 Å². The van der Waals surface area contributed by atoms with Crippen LogP contribution in [-0.2, 0) is 4.79 Å². The Hall–Kier alpha value is -3.35. The highest BCUT2D eigenvalue weighted by molar-refractivity contribution is 5.90. The van der Waals surface area contributed by atoms with Crippen LogP contribution < -0.4 is 4.74 Å². The Balaban J connectivity index is 2.64. The molecule has 2 aromatic carbocycles. The monoisotopic (exact) mass is 315 g/mol. The van der Waals surface area contributed by atoms with Crippen LogP contribution in [0.15, 0.2) is 42.5 Å². The van der Waals surface area contributed by atoms with Crippen LogP contribution in [0.5, 0.6) is 11.5 Å². The first-order valence-electron chi connectivity index (χ1n) is 6.50. The molecule has 0 aromatic heterocycles. The highest BCUT2D eigenvalue weighted by Crippen LogP contribution is 2.41. The van der Waals surface area contributed by atoms with Crippen molar-refractivity contribution in [2.45, 2.75) is 0 Å². The minimum Gasteiger partial charge on any atom is -0.504 e. The van der Waals surface area contributed by atoms with Gasteiger partial charge in [0.15, 0.2) is 11.5 Å². The van der Waals surface area contributed by atoms with E-state index in [2.05, 4.69) is 0 Å². The van der Waals surface area contributed by atoms with E-state index >= 15 is 0 Å².